The fraction of sp³-hybridized carbons (Fsp3) is 0.200. The molecule has 3 rings (SSSR count). The highest BCUT2D eigenvalue weighted by molar-refractivity contribution is 7.92. The van der Waals surface area contributed by atoms with Gasteiger partial charge in [-0.3, -0.25) is 0 Å². The summed E-state index contributed by atoms with van der Waals surface area (Å²) in [6, 6.07) is 13.7. The minimum absolute atomic E-state index is 0.263. The topological polar surface area (TPSA) is 60.2 Å². The Balaban J connectivity index is 1.91. The molecule has 104 valence electrons. The molecule has 2 aromatic carbocycles. The molecule has 0 aromatic heterocycles. The molecule has 5 heteroatoms. The SMILES string of the molecule is N[C@@H]1[C@@H](c2ccc(F)cc2)[C@H]1S(=O)(=O)c1ccccc1. The minimum Gasteiger partial charge on any atom is -0.326 e. The van der Waals surface area contributed by atoms with Crippen LogP contribution in [-0.2, 0) is 9.84 Å². The van der Waals surface area contributed by atoms with Crippen LogP contribution in [0.3, 0.4) is 0 Å². The summed E-state index contributed by atoms with van der Waals surface area (Å²) >= 11 is 0. The van der Waals surface area contributed by atoms with E-state index in [2.05, 4.69) is 0 Å². The number of hydrogen-bond acceptors (Lipinski definition) is 3. The summed E-state index contributed by atoms with van der Waals surface area (Å²) in [7, 11) is -3.44. The molecule has 0 radical (unpaired) electrons. The monoisotopic (exact) mass is 291 g/mol. The van der Waals surface area contributed by atoms with Crippen LogP contribution in [0.25, 0.3) is 0 Å². The normalized spacial score (nSPS) is 25.4. The second-order valence-corrected chi connectivity index (χ2v) is 7.08. The lowest BCUT2D eigenvalue weighted by molar-refractivity contribution is 0.593. The average molecular weight is 291 g/mol. The smallest absolute Gasteiger partial charge is 0.183 e. The van der Waals surface area contributed by atoms with Gasteiger partial charge in [0, 0.05) is 12.0 Å². The third-order valence-corrected chi connectivity index (χ3v) is 5.95. The van der Waals surface area contributed by atoms with Crippen molar-refractivity contribution < 1.29 is 12.8 Å². The maximum atomic E-state index is 12.9. The number of benzene rings is 2. The van der Waals surface area contributed by atoms with Crippen LogP contribution in [0.2, 0.25) is 0 Å². The van der Waals surface area contributed by atoms with Gasteiger partial charge in [-0.2, -0.15) is 0 Å². The molecule has 0 heterocycles. The van der Waals surface area contributed by atoms with Gasteiger partial charge in [0.25, 0.3) is 0 Å². The van der Waals surface area contributed by atoms with Gasteiger partial charge in [-0.05, 0) is 29.8 Å². The van der Waals surface area contributed by atoms with E-state index in [1.54, 1.807) is 42.5 Å². The zero-order valence-electron chi connectivity index (χ0n) is 10.6. The van der Waals surface area contributed by atoms with E-state index in [0.29, 0.717) is 0 Å². The van der Waals surface area contributed by atoms with Crippen molar-refractivity contribution in [2.24, 2.45) is 5.73 Å². The molecule has 3 nitrogen and oxygen atoms in total. The Bertz CT molecular complexity index is 713. The molecule has 2 N–H and O–H groups in total. The standard InChI is InChI=1S/C15H14FNO2S/c16-11-8-6-10(7-9-11)13-14(17)15(13)20(18,19)12-4-2-1-3-5-12/h1-9,13-15H,17H2/t13-,14-,15-/m1/s1. The zero-order chi connectivity index (χ0) is 14.3. The molecule has 2 aromatic rings. The molecule has 1 aliphatic rings. The van der Waals surface area contributed by atoms with E-state index in [1.165, 1.54) is 12.1 Å². The third kappa shape index (κ3) is 2.13. The second-order valence-electron chi connectivity index (χ2n) is 4.98. The van der Waals surface area contributed by atoms with E-state index in [1.807, 2.05) is 0 Å². The quantitative estimate of drug-likeness (QED) is 0.942. The third-order valence-electron chi connectivity index (χ3n) is 3.69. The highest BCUT2D eigenvalue weighted by atomic mass is 32.2. The van der Waals surface area contributed by atoms with Gasteiger partial charge in [-0.1, -0.05) is 30.3 Å². The van der Waals surface area contributed by atoms with E-state index < -0.39 is 21.1 Å². The van der Waals surface area contributed by atoms with Crippen molar-refractivity contribution in [1.82, 2.24) is 0 Å². The maximum absolute atomic E-state index is 12.9. The summed E-state index contributed by atoms with van der Waals surface area (Å²) in [6.07, 6.45) is 0. The maximum Gasteiger partial charge on any atom is 0.183 e. The molecule has 1 saturated carbocycles. The Morgan fingerprint density at radius 2 is 1.55 bits per heavy atom. The number of hydrogen-bond donors (Lipinski definition) is 1. The van der Waals surface area contributed by atoms with Gasteiger partial charge in [0.15, 0.2) is 9.84 Å². The van der Waals surface area contributed by atoms with Crippen molar-refractivity contribution in [1.29, 1.82) is 0 Å². The summed E-state index contributed by atoms with van der Waals surface area (Å²) in [5.41, 5.74) is 6.70. The summed E-state index contributed by atoms with van der Waals surface area (Å²) in [5, 5.41) is -0.629. The minimum atomic E-state index is -3.44. The Labute approximate surface area is 117 Å². The fourth-order valence-corrected chi connectivity index (χ4v) is 4.64. The van der Waals surface area contributed by atoms with Crippen LogP contribution in [0.5, 0.6) is 0 Å². The van der Waals surface area contributed by atoms with Gasteiger partial charge in [0.1, 0.15) is 5.82 Å². The van der Waals surface area contributed by atoms with Crippen molar-refractivity contribution in [3.05, 3.63) is 66.0 Å². The number of halogens is 1. The summed E-state index contributed by atoms with van der Waals surface area (Å²) in [5.74, 6) is -0.605. The van der Waals surface area contributed by atoms with Crippen molar-refractivity contribution in [2.75, 3.05) is 0 Å². The zero-order valence-corrected chi connectivity index (χ0v) is 11.4. The fourth-order valence-electron chi connectivity index (χ4n) is 2.57. The number of nitrogens with two attached hydrogens (primary N) is 1. The van der Waals surface area contributed by atoms with E-state index in [0.717, 1.165) is 5.56 Å². The van der Waals surface area contributed by atoms with Crippen LogP contribution in [0.15, 0.2) is 59.5 Å². The van der Waals surface area contributed by atoms with Crippen LogP contribution in [0.1, 0.15) is 11.5 Å². The summed E-state index contributed by atoms with van der Waals surface area (Å²) in [6.45, 7) is 0. The first kappa shape index (κ1) is 13.3. The van der Waals surface area contributed by atoms with Crippen molar-refractivity contribution in [3.8, 4) is 0 Å². The summed E-state index contributed by atoms with van der Waals surface area (Å²) < 4.78 is 37.9. The lowest BCUT2D eigenvalue weighted by Crippen LogP contribution is -2.15. The van der Waals surface area contributed by atoms with E-state index in [4.69, 9.17) is 5.73 Å². The van der Waals surface area contributed by atoms with Gasteiger partial charge >= 0.3 is 0 Å². The molecule has 0 aliphatic heterocycles. The van der Waals surface area contributed by atoms with Gasteiger partial charge in [0.2, 0.25) is 0 Å². The van der Waals surface area contributed by atoms with Crippen LogP contribution in [-0.4, -0.2) is 19.7 Å². The molecule has 0 spiro atoms. The number of rotatable bonds is 3. The molecule has 0 bridgehead atoms. The molecule has 20 heavy (non-hydrogen) atoms. The van der Waals surface area contributed by atoms with Gasteiger partial charge in [-0.15, -0.1) is 0 Å². The van der Waals surface area contributed by atoms with Crippen molar-refractivity contribution >= 4 is 9.84 Å². The van der Waals surface area contributed by atoms with Gasteiger partial charge in [-0.25, -0.2) is 12.8 Å². The highest BCUT2D eigenvalue weighted by Gasteiger charge is 2.57. The Morgan fingerprint density at radius 1 is 0.950 bits per heavy atom. The predicted molar refractivity (Wildman–Crippen MR) is 74.5 cm³/mol. The Morgan fingerprint density at radius 3 is 2.15 bits per heavy atom. The lowest BCUT2D eigenvalue weighted by Gasteiger charge is -2.03. The first-order valence-electron chi connectivity index (χ1n) is 6.32. The van der Waals surface area contributed by atoms with Crippen molar-refractivity contribution in [2.45, 2.75) is 22.1 Å². The first-order valence-corrected chi connectivity index (χ1v) is 7.86. The van der Waals surface area contributed by atoms with Crippen LogP contribution in [0, 0.1) is 5.82 Å². The molecular weight excluding hydrogens is 277 g/mol. The average Bonchev–Trinajstić information content (AvgIpc) is 3.13. The van der Waals surface area contributed by atoms with E-state index in [9.17, 15) is 12.8 Å². The molecule has 1 aliphatic carbocycles. The molecular formula is C15H14FNO2S. The molecule has 0 unspecified atom stereocenters. The Hall–Kier alpha value is -1.72. The highest BCUT2D eigenvalue weighted by Crippen LogP contribution is 2.46. The lowest BCUT2D eigenvalue weighted by atomic mass is 10.1. The number of sulfone groups is 1. The van der Waals surface area contributed by atoms with Gasteiger partial charge in [0.05, 0.1) is 10.1 Å². The van der Waals surface area contributed by atoms with Gasteiger partial charge < -0.3 is 5.73 Å². The molecule has 0 saturated heterocycles. The largest absolute Gasteiger partial charge is 0.326 e. The van der Waals surface area contributed by atoms with E-state index >= 15 is 0 Å². The van der Waals surface area contributed by atoms with Crippen LogP contribution >= 0.6 is 0 Å². The van der Waals surface area contributed by atoms with Crippen molar-refractivity contribution in [3.63, 3.8) is 0 Å². The van der Waals surface area contributed by atoms with E-state index in [-0.39, 0.29) is 16.6 Å². The molecule has 0 amide bonds. The molecule has 3 atom stereocenters. The van der Waals surface area contributed by atoms with Crippen LogP contribution in [0.4, 0.5) is 4.39 Å². The Kier molecular flexibility index (Phi) is 3.11. The first-order chi connectivity index (χ1) is 9.51. The predicted octanol–water partition coefficient (Wildman–Crippen LogP) is 2.09. The summed E-state index contributed by atoms with van der Waals surface area (Å²) in [4.78, 5) is 0.282. The second kappa shape index (κ2) is 4.68. The van der Waals surface area contributed by atoms with Crippen LogP contribution < -0.4 is 5.73 Å². The molecule has 1 fully saturated rings.